The molecule has 17 heteroatoms. The summed E-state index contributed by atoms with van der Waals surface area (Å²) in [5.41, 5.74) is -1.42. The number of alkyl carbamates (subject to hydrolysis) is 3. The summed E-state index contributed by atoms with van der Waals surface area (Å²) in [6.07, 6.45) is 9.62. The van der Waals surface area contributed by atoms with Crippen molar-refractivity contribution in [3.63, 3.8) is 0 Å². The Hall–Kier alpha value is -4.44. The molecule has 0 unspecified atom stereocenters. The summed E-state index contributed by atoms with van der Waals surface area (Å²) in [5, 5.41) is 27.8. The van der Waals surface area contributed by atoms with E-state index in [1.54, 1.807) is 0 Å². The second-order valence-corrected chi connectivity index (χ2v) is 19.7. The van der Waals surface area contributed by atoms with E-state index in [1.165, 1.54) is 6.92 Å². The van der Waals surface area contributed by atoms with Crippen LogP contribution in [0.25, 0.3) is 0 Å². The molecule has 0 atom stereocenters. The number of aryl methyl sites for hydroxylation is 1. The summed E-state index contributed by atoms with van der Waals surface area (Å²) in [6.45, 7) is 21.7. The van der Waals surface area contributed by atoms with Crippen LogP contribution in [0.15, 0.2) is 4.42 Å². The summed E-state index contributed by atoms with van der Waals surface area (Å²) in [6, 6.07) is 0. The highest BCUT2D eigenvalue weighted by atomic mass is 16.6. The maximum atomic E-state index is 11.9. The number of ketones is 1. The van der Waals surface area contributed by atoms with Crippen molar-refractivity contribution in [2.45, 2.75) is 176 Å². The molecule has 17 nitrogen and oxygen atoms in total. The number of nitrogens with zero attached hydrogens (tertiary/aromatic N) is 2. The van der Waals surface area contributed by atoms with E-state index in [2.05, 4.69) is 31.5 Å². The monoisotopic (exact) mass is 865 g/mol. The molecule has 1 aromatic heterocycles. The number of carbonyl (C=O) groups is 6. The molecule has 0 bridgehead atoms. The lowest BCUT2D eigenvalue weighted by atomic mass is 9.80. The Labute approximate surface area is 362 Å². The second-order valence-electron chi connectivity index (χ2n) is 19.7. The van der Waals surface area contributed by atoms with Gasteiger partial charge in [0.1, 0.15) is 16.8 Å². The zero-order valence-electron chi connectivity index (χ0n) is 38.7. The molecule has 3 saturated carbocycles. The van der Waals surface area contributed by atoms with E-state index in [0.717, 1.165) is 70.1 Å². The molecule has 0 spiro atoms. The fourth-order valence-corrected chi connectivity index (χ4v) is 7.37. The topological polar surface area (TPSA) is 237 Å². The van der Waals surface area contributed by atoms with Crippen LogP contribution < -0.4 is 21.3 Å². The number of carboxylic acid groups (broad SMARTS) is 1. The Balaban J connectivity index is 0.000000317. The quantitative estimate of drug-likeness (QED) is 0.135. The first-order valence-corrected chi connectivity index (χ1v) is 22.0. The molecule has 0 radical (unpaired) electrons. The Morgan fingerprint density at radius 1 is 0.574 bits per heavy atom. The highest BCUT2D eigenvalue weighted by Gasteiger charge is 2.29. The molecule has 1 heterocycles. The number of nitrogens with one attached hydrogen (secondary N) is 4. The van der Waals surface area contributed by atoms with Crippen molar-refractivity contribution in [1.29, 1.82) is 0 Å². The number of hydrogen-bond acceptors (Lipinski definition) is 12. The summed E-state index contributed by atoms with van der Waals surface area (Å²) < 4.78 is 21.1. The summed E-state index contributed by atoms with van der Waals surface area (Å²) in [5.74, 6) is 2.05. The zero-order valence-corrected chi connectivity index (χ0v) is 38.7. The van der Waals surface area contributed by atoms with Crippen LogP contribution in [0.4, 0.5) is 14.4 Å². The third-order valence-electron chi connectivity index (χ3n) is 10.5. The third kappa shape index (κ3) is 24.0. The molecule has 3 aliphatic carbocycles. The molecule has 5 N–H and O–H groups in total. The van der Waals surface area contributed by atoms with Crippen LogP contribution >= 0.6 is 0 Å². The molecule has 4 amide bonds. The molecule has 0 aromatic carbocycles. The molecule has 61 heavy (non-hydrogen) atoms. The zero-order chi connectivity index (χ0) is 46.0. The van der Waals surface area contributed by atoms with E-state index in [0.29, 0.717) is 62.0 Å². The number of aromatic nitrogens is 2. The van der Waals surface area contributed by atoms with E-state index < -0.39 is 35.0 Å². The molecule has 3 fully saturated rings. The summed E-state index contributed by atoms with van der Waals surface area (Å²) >= 11 is 0. The number of amides is 4. The van der Waals surface area contributed by atoms with Crippen LogP contribution in [0.2, 0.25) is 0 Å². The number of ether oxygens (including phenoxy) is 3. The van der Waals surface area contributed by atoms with Gasteiger partial charge < -0.3 is 45.0 Å². The highest BCUT2D eigenvalue weighted by Crippen LogP contribution is 2.35. The predicted molar refractivity (Wildman–Crippen MR) is 229 cm³/mol. The Morgan fingerprint density at radius 3 is 1.25 bits per heavy atom. The third-order valence-corrected chi connectivity index (χ3v) is 10.5. The minimum absolute atomic E-state index is 0.0321. The minimum Gasteiger partial charge on any atom is -0.481 e. The van der Waals surface area contributed by atoms with Gasteiger partial charge in [0, 0.05) is 45.3 Å². The van der Waals surface area contributed by atoms with Crippen LogP contribution in [-0.4, -0.2) is 94.2 Å². The second kappa shape index (κ2) is 24.9. The highest BCUT2D eigenvalue weighted by molar-refractivity contribution is 5.86. The number of rotatable bonds is 11. The first kappa shape index (κ1) is 52.7. The molecule has 3 aliphatic rings. The van der Waals surface area contributed by atoms with E-state index >= 15 is 0 Å². The SMILES string of the molecule is CC(=O)NCC(=O)C1CCC(CNC(=O)OC(C)(C)C)CC1.CC(C)(C)OC(=O)NCC1CCC(C(=O)O)CC1.Cc1nnc(C2CCC(CNC(=O)OC(C)(C)C)CC2)o1. The normalized spacial score (nSPS) is 22.9. The Kier molecular flexibility index (Phi) is 21.5. The van der Waals surface area contributed by atoms with Crippen molar-refractivity contribution in [2.75, 3.05) is 26.2 Å². The van der Waals surface area contributed by atoms with Crippen LogP contribution in [-0.2, 0) is 28.6 Å². The molecule has 0 aliphatic heterocycles. The molecular formula is C44H76N6O11. The standard InChI is InChI=1S/C16H28N2O4.C15H25N3O3.C13H23NO4/c1-11(19)17-10-14(20)13-7-5-12(6-8-13)9-18-15(21)22-16(2,3)4;1-10-17-18-13(20-10)12-7-5-11(6-8-12)9-16-14(19)21-15(2,3)4;1-13(2,3)18-12(17)14-8-9-4-6-10(7-5-9)11(15)16/h12-13H,5-10H2,1-4H3,(H,17,19)(H,18,21);11-12H,5-9H2,1-4H3,(H,16,19);9-10H,4-8H2,1-3H3,(H,14,17)(H,15,16). The van der Waals surface area contributed by atoms with Gasteiger partial charge in [-0.25, -0.2) is 14.4 Å². The van der Waals surface area contributed by atoms with E-state index in [-0.39, 0.29) is 36.2 Å². The fourth-order valence-electron chi connectivity index (χ4n) is 7.37. The molecule has 0 saturated heterocycles. The van der Waals surface area contributed by atoms with Gasteiger partial charge in [-0.05, 0) is 157 Å². The van der Waals surface area contributed by atoms with Crippen molar-refractivity contribution < 1.29 is 52.5 Å². The molecule has 4 rings (SSSR count). The molecular weight excluding hydrogens is 789 g/mol. The maximum absolute atomic E-state index is 11.9. The van der Waals surface area contributed by atoms with E-state index in [4.69, 9.17) is 23.7 Å². The van der Waals surface area contributed by atoms with E-state index in [1.807, 2.05) is 69.2 Å². The Bertz CT molecular complexity index is 1540. The van der Waals surface area contributed by atoms with Gasteiger partial charge in [-0.1, -0.05) is 0 Å². The molecule has 1 aromatic rings. The largest absolute Gasteiger partial charge is 0.481 e. The fraction of sp³-hybridized carbons (Fsp3) is 0.818. The molecule has 348 valence electrons. The van der Waals surface area contributed by atoms with Crippen LogP contribution in [0.5, 0.6) is 0 Å². The van der Waals surface area contributed by atoms with Gasteiger partial charge in [0.25, 0.3) is 0 Å². The number of Topliss-reactive ketones (excluding diaryl/α,β-unsaturated/α-hetero) is 1. The lowest BCUT2D eigenvalue weighted by Gasteiger charge is -2.28. The smallest absolute Gasteiger partial charge is 0.407 e. The van der Waals surface area contributed by atoms with Crippen LogP contribution in [0, 0.1) is 36.5 Å². The predicted octanol–water partition coefficient (Wildman–Crippen LogP) is 7.60. The Morgan fingerprint density at radius 2 is 0.934 bits per heavy atom. The number of hydrogen-bond donors (Lipinski definition) is 5. The first-order chi connectivity index (χ1) is 28.3. The average molecular weight is 865 g/mol. The van der Waals surface area contributed by atoms with E-state index in [9.17, 15) is 28.8 Å². The van der Waals surface area contributed by atoms with Gasteiger partial charge in [0.15, 0.2) is 5.78 Å². The number of carboxylic acids is 1. The van der Waals surface area contributed by atoms with Crippen LogP contribution in [0.1, 0.15) is 164 Å². The summed E-state index contributed by atoms with van der Waals surface area (Å²) in [7, 11) is 0. The first-order valence-electron chi connectivity index (χ1n) is 22.0. The van der Waals surface area contributed by atoms with Crippen molar-refractivity contribution in [2.24, 2.45) is 29.6 Å². The van der Waals surface area contributed by atoms with Gasteiger partial charge in [0.2, 0.25) is 17.7 Å². The van der Waals surface area contributed by atoms with Crippen molar-refractivity contribution >= 4 is 35.9 Å². The lowest BCUT2D eigenvalue weighted by molar-refractivity contribution is -0.143. The number of carbonyl (C=O) groups excluding carboxylic acids is 5. The van der Waals surface area contributed by atoms with Crippen molar-refractivity contribution in [3.8, 4) is 0 Å². The van der Waals surface area contributed by atoms with Crippen molar-refractivity contribution in [1.82, 2.24) is 31.5 Å². The van der Waals surface area contributed by atoms with Crippen molar-refractivity contribution in [3.05, 3.63) is 11.8 Å². The van der Waals surface area contributed by atoms with Gasteiger partial charge in [-0.3, -0.25) is 14.4 Å². The minimum atomic E-state index is -0.700. The maximum Gasteiger partial charge on any atom is 0.407 e. The average Bonchev–Trinajstić information content (AvgIpc) is 3.59. The summed E-state index contributed by atoms with van der Waals surface area (Å²) in [4.78, 5) is 68.2. The van der Waals surface area contributed by atoms with Crippen LogP contribution in [0.3, 0.4) is 0 Å². The van der Waals surface area contributed by atoms with Gasteiger partial charge >= 0.3 is 24.2 Å². The lowest BCUT2D eigenvalue weighted by Crippen LogP contribution is -2.37. The van der Waals surface area contributed by atoms with Gasteiger partial charge in [0.05, 0.1) is 12.5 Å². The van der Waals surface area contributed by atoms with Gasteiger partial charge in [-0.15, -0.1) is 10.2 Å². The van der Waals surface area contributed by atoms with Gasteiger partial charge in [-0.2, -0.15) is 0 Å². The number of aliphatic carboxylic acids is 1.